The first-order valence-corrected chi connectivity index (χ1v) is 10.5. The van der Waals surface area contributed by atoms with Crippen LogP contribution < -0.4 is 0 Å². The molecule has 0 aliphatic heterocycles. The van der Waals surface area contributed by atoms with E-state index in [2.05, 4.69) is 23.6 Å². The number of hydrogen-bond donors (Lipinski definition) is 1. The molecular weight excluding hydrogens is 341 g/mol. The van der Waals surface area contributed by atoms with Crippen molar-refractivity contribution in [1.82, 2.24) is 0 Å². The average molecular weight is 380 g/mol. The van der Waals surface area contributed by atoms with Gasteiger partial charge in [-0.3, -0.25) is 4.57 Å². The minimum absolute atomic E-state index is 0. The minimum atomic E-state index is -2.71. The molecule has 0 spiro atoms. The molecule has 1 unspecified atom stereocenters. The number of hydrogen-bond acceptors (Lipinski definition) is 2. The summed E-state index contributed by atoms with van der Waals surface area (Å²) in [5.41, 5.74) is 0. The van der Waals surface area contributed by atoms with Crippen molar-refractivity contribution in [2.75, 3.05) is 6.61 Å². The van der Waals surface area contributed by atoms with Gasteiger partial charge in [0, 0.05) is 0 Å². The molecule has 3 nitrogen and oxygen atoms in total. The van der Waals surface area contributed by atoms with Crippen molar-refractivity contribution < 1.29 is 14.0 Å². The molecule has 0 amide bonds. The molecule has 0 rings (SSSR count). The van der Waals surface area contributed by atoms with E-state index >= 15 is 0 Å². The second kappa shape index (κ2) is 27.1. The predicted octanol–water partition coefficient (Wildman–Crippen LogP) is 5.13. The molecule has 24 heavy (non-hydrogen) atoms. The molecule has 1 N–H and O–H groups in total. The first-order valence-electron chi connectivity index (χ1n) is 9.28. The van der Waals surface area contributed by atoms with E-state index in [9.17, 15) is 4.57 Å². The molecular formula is C18H39Na2O3P. The van der Waals surface area contributed by atoms with Crippen LogP contribution in [0.4, 0.5) is 0 Å². The van der Waals surface area contributed by atoms with Gasteiger partial charge in [-0.25, -0.2) is 0 Å². The summed E-state index contributed by atoms with van der Waals surface area (Å²) in [4.78, 5) is 8.50. The van der Waals surface area contributed by atoms with E-state index in [0.717, 1.165) is 12.8 Å². The predicted molar refractivity (Wildman–Crippen MR) is 111 cm³/mol. The number of rotatable bonds is 17. The van der Waals surface area contributed by atoms with Gasteiger partial charge in [0.05, 0.1) is 6.61 Å². The van der Waals surface area contributed by atoms with Gasteiger partial charge in [0.15, 0.2) is 0 Å². The van der Waals surface area contributed by atoms with Crippen LogP contribution in [0.1, 0.15) is 96.8 Å². The maximum absolute atomic E-state index is 10.3. The van der Waals surface area contributed by atoms with Crippen molar-refractivity contribution in [3.05, 3.63) is 12.2 Å². The Morgan fingerprint density at radius 3 is 1.62 bits per heavy atom. The van der Waals surface area contributed by atoms with Crippen molar-refractivity contribution in [3.8, 4) is 0 Å². The first kappa shape index (κ1) is 30.6. The van der Waals surface area contributed by atoms with Gasteiger partial charge in [0.25, 0.3) is 0 Å². The molecule has 0 aromatic heterocycles. The Hall–Kier alpha value is 1.89. The summed E-state index contributed by atoms with van der Waals surface area (Å²) in [6, 6.07) is 0. The summed E-state index contributed by atoms with van der Waals surface area (Å²) in [6.07, 6.45) is 22.5. The van der Waals surface area contributed by atoms with E-state index in [1.807, 2.05) is 0 Å². The Morgan fingerprint density at radius 1 is 0.750 bits per heavy atom. The van der Waals surface area contributed by atoms with Crippen LogP contribution in [0.15, 0.2) is 12.2 Å². The summed E-state index contributed by atoms with van der Waals surface area (Å²) in [6.45, 7) is 2.69. The fourth-order valence-corrected chi connectivity index (χ4v) is 2.83. The van der Waals surface area contributed by atoms with Crippen LogP contribution >= 0.6 is 8.25 Å². The van der Waals surface area contributed by atoms with Crippen LogP contribution in [0.2, 0.25) is 0 Å². The molecule has 6 heteroatoms. The Bertz CT molecular complexity index is 277. The van der Waals surface area contributed by atoms with Crippen LogP contribution in [0.3, 0.4) is 0 Å². The second-order valence-electron chi connectivity index (χ2n) is 6.05. The molecule has 0 saturated heterocycles. The Balaban J connectivity index is -0.00000220. The molecule has 0 fully saturated rings. The van der Waals surface area contributed by atoms with Crippen LogP contribution in [-0.2, 0) is 9.09 Å². The van der Waals surface area contributed by atoms with Crippen LogP contribution in [0.25, 0.3) is 0 Å². The first-order chi connectivity index (χ1) is 10.8. The van der Waals surface area contributed by atoms with Crippen molar-refractivity contribution >= 4 is 67.4 Å². The second-order valence-corrected chi connectivity index (χ2v) is 6.87. The average Bonchev–Trinajstić information content (AvgIpc) is 2.50. The zero-order valence-electron chi connectivity index (χ0n) is 14.5. The number of allylic oxidation sites excluding steroid dienone is 2. The van der Waals surface area contributed by atoms with E-state index in [4.69, 9.17) is 4.89 Å². The zero-order valence-corrected chi connectivity index (χ0v) is 15.5. The van der Waals surface area contributed by atoms with Gasteiger partial charge < -0.3 is 9.42 Å². The van der Waals surface area contributed by atoms with Gasteiger partial charge in [0.1, 0.15) is 0 Å². The zero-order chi connectivity index (χ0) is 16.3. The van der Waals surface area contributed by atoms with Crippen molar-refractivity contribution in [2.45, 2.75) is 96.8 Å². The van der Waals surface area contributed by atoms with Gasteiger partial charge in [0.2, 0.25) is 0 Å². The van der Waals surface area contributed by atoms with Gasteiger partial charge >= 0.3 is 67.4 Å². The molecule has 0 aliphatic rings. The standard InChI is InChI=1S/C18H37O3P.2Na.2H/c1-2-3-4-5-6-7-8-9-10-11-12-13-14-15-16-17-18-21-22(19)20;;;;/h9-10,22H,2-8,11-18H2,1H3,(H,19,20);;;;/b10-9-;;;;. The van der Waals surface area contributed by atoms with E-state index in [-0.39, 0.29) is 59.1 Å². The third-order valence-corrected chi connectivity index (χ3v) is 4.33. The topological polar surface area (TPSA) is 46.5 Å². The summed E-state index contributed by atoms with van der Waals surface area (Å²) >= 11 is 0. The monoisotopic (exact) mass is 380 g/mol. The van der Waals surface area contributed by atoms with Crippen molar-refractivity contribution in [3.63, 3.8) is 0 Å². The summed E-state index contributed by atoms with van der Waals surface area (Å²) in [7, 11) is -2.71. The van der Waals surface area contributed by atoms with Gasteiger partial charge in [-0.05, 0) is 32.1 Å². The van der Waals surface area contributed by atoms with Crippen LogP contribution in [-0.4, -0.2) is 70.6 Å². The van der Waals surface area contributed by atoms with E-state index in [0.29, 0.717) is 6.61 Å². The molecule has 0 bridgehead atoms. The molecule has 0 radical (unpaired) electrons. The summed E-state index contributed by atoms with van der Waals surface area (Å²) < 4.78 is 15.0. The van der Waals surface area contributed by atoms with E-state index in [1.165, 1.54) is 77.0 Å². The van der Waals surface area contributed by atoms with E-state index in [1.54, 1.807) is 0 Å². The molecule has 136 valence electrons. The quantitative estimate of drug-likeness (QED) is 0.165. The number of unbranched alkanes of at least 4 members (excludes halogenated alkanes) is 12. The van der Waals surface area contributed by atoms with E-state index < -0.39 is 8.25 Å². The third-order valence-electron chi connectivity index (χ3n) is 3.88. The fraction of sp³-hybridized carbons (Fsp3) is 0.889. The van der Waals surface area contributed by atoms with Crippen molar-refractivity contribution in [2.24, 2.45) is 0 Å². The normalized spacial score (nSPS) is 11.9. The molecule has 0 aliphatic carbocycles. The van der Waals surface area contributed by atoms with Gasteiger partial charge in [-0.1, -0.05) is 76.9 Å². The molecule has 0 heterocycles. The summed E-state index contributed by atoms with van der Waals surface area (Å²) in [5, 5.41) is 0. The van der Waals surface area contributed by atoms with Crippen LogP contribution in [0, 0.1) is 0 Å². The molecule has 1 atom stereocenters. The summed E-state index contributed by atoms with van der Waals surface area (Å²) in [5.74, 6) is 0. The van der Waals surface area contributed by atoms with Gasteiger partial charge in [-0.15, -0.1) is 0 Å². The Labute approximate surface area is 195 Å². The maximum atomic E-state index is 10.3. The third kappa shape index (κ3) is 28.7. The Kier molecular flexibility index (Phi) is 34.6. The molecule has 0 aromatic rings. The van der Waals surface area contributed by atoms with Crippen molar-refractivity contribution in [1.29, 1.82) is 0 Å². The molecule has 0 aromatic carbocycles. The Morgan fingerprint density at radius 2 is 1.17 bits per heavy atom. The van der Waals surface area contributed by atoms with Gasteiger partial charge in [-0.2, -0.15) is 0 Å². The molecule has 0 saturated carbocycles. The SMILES string of the molecule is CCCCCCCC/C=C\CCCCCCCCO[PH](=O)O.[NaH].[NaH]. The van der Waals surface area contributed by atoms with Crippen LogP contribution in [0.5, 0.6) is 0 Å². The fourth-order valence-electron chi connectivity index (χ4n) is 2.51.